The van der Waals surface area contributed by atoms with E-state index in [4.69, 9.17) is 4.74 Å². The van der Waals surface area contributed by atoms with Crippen LogP contribution in [0.25, 0.3) is 22.0 Å². The number of hydrogen-bond donors (Lipinski definition) is 3. The van der Waals surface area contributed by atoms with Crippen molar-refractivity contribution in [1.29, 1.82) is 0 Å². The molecule has 1 fully saturated rings. The van der Waals surface area contributed by atoms with Gasteiger partial charge < -0.3 is 25.0 Å². The number of nitrogens with zero attached hydrogens (tertiary/aromatic N) is 3. The third kappa shape index (κ3) is 5.07. The van der Waals surface area contributed by atoms with E-state index in [-0.39, 0.29) is 25.2 Å². The Morgan fingerprint density at radius 2 is 1.74 bits per heavy atom. The largest absolute Gasteiger partial charge is 0.491 e. The monoisotopic (exact) mass is 425 g/mol. The molecule has 31 heavy (non-hydrogen) atoms. The van der Waals surface area contributed by atoms with Crippen molar-refractivity contribution in [3.8, 4) is 17.0 Å². The number of benzene rings is 2. The van der Waals surface area contributed by atoms with E-state index in [0.29, 0.717) is 6.54 Å². The van der Waals surface area contributed by atoms with E-state index in [1.165, 1.54) is 0 Å². The Hall–Kier alpha value is -2.45. The van der Waals surface area contributed by atoms with Crippen LogP contribution in [0.3, 0.4) is 0 Å². The lowest BCUT2D eigenvalue weighted by molar-refractivity contribution is -0.0156. The van der Waals surface area contributed by atoms with Crippen molar-refractivity contribution < 1.29 is 20.1 Å². The maximum Gasteiger partial charge on any atom is 0.120 e. The van der Waals surface area contributed by atoms with Gasteiger partial charge in [-0.25, -0.2) is 0 Å². The predicted molar refractivity (Wildman–Crippen MR) is 120 cm³/mol. The number of aliphatic hydroxyl groups excluding tert-OH is 3. The molecule has 166 valence electrons. The van der Waals surface area contributed by atoms with E-state index in [0.717, 1.165) is 53.7 Å². The molecule has 0 bridgehead atoms. The number of ether oxygens (including phenoxy) is 1. The standard InChI is InChI=1S/C24H31N3O4/c1-26-9-6-23(25-26)20-3-2-19-13-22(5-4-18(19)12-20)31-15-21(30)14-27-10-7-24(16-28,17-29)8-11-27/h2-6,9,12-13,21,28-30H,7-8,10-11,14-17H2,1H3. The first-order chi connectivity index (χ1) is 15.0. The number of rotatable bonds is 8. The van der Waals surface area contributed by atoms with Gasteiger partial charge in [0.2, 0.25) is 0 Å². The summed E-state index contributed by atoms with van der Waals surface area (Å²) in [5.41, 5.74) is 1.64. The molecule has 0 aliphatic carbocycles. The van der Waals surface area contributed by atoms with Gasteiger partial charge >= 0.3 is 0 Å². The third-order valence-electron chi connectivity index (χ3n) is 6.32. The van der Waals surface area contributed by atoms with Crippen LogP contribution in [0.15, 0.2) is 48.7 Å². The van der Waals surface area contributed by atoms with E-state index in [1.807, 2.05) is 37.5 Å². The van der Waals surface area contributed by atoms with Crippen LogP contribution >= 0.6 is 0 Å². The van der Waals surface area contributed by atoms with Crippen molar-refractivity contribution in [2.45, 2.75) is 18.9 Å². The fraction of sp³-hybridized carbons (Fsp3) is 0.458. The van der Waals surface area contributed by atoms with Crippen molar-refractivity contribution in [2.75, 3.05) is 39.5 Å². The van der Waals surface area contributed by atoms with Gasteiger partial charge in [-0.05, 0) is 61.0 Å². The Kier molecular flexibility index (Phi) is 6.57. The lowest BCUT2D eigenvalue weighted by Crippen LogP contribution is -2.46. The van der Waals surface area contributed by atoms with Gasteiger partial charge in [0.05, 0.1) is 18.9 Å². The molecule has 3 aromatic rings. The minimum absolute atomic E-state index is 0.00826. The maximum atomic E-state index is 10.4. The summed E-state index contributed by atoms with van der Waals surface area (Å²) in [6.45, 7) is 2.27. The molecule has 0 saturated carbocycles. The van der Waals surface area contributed by atoms with Crippen molar-refractivity contribution >= 4 is 10.8 Å². The van der Waals surface area contributed by atoms with Crippen molar-refractivity contribution in [3.05, 3.63) is 48.7 Å². The molecular formula is C24H31N3O4. The fourth-order valence-electron chi connectivity index (χ4n) is 4.16. The number of aryl methyl sites for hydroxylation is 1. The molecule has 2 heterocycles. The van der Waals surface area contributed by atoms with Crippen molar-refractivity contribution in [1.82, 2.24) is 14.7 Å². The van der Waals surface area contributed by atoms with Crippen LogP contribution in [0.5, 0.6) is 5.75 Å². The molecule has 1 aliphatic heterocycles. The average molecular weight is 426 g/mol. The molecule has 1 unspecified atom stereocenters. The van der Waals surface area contributed by atoms with Crippen LogP contribution in [0, 0.1) is 5.41 Å². The second-order valence-electron chi connectivity index (χ2n) is 8.68. The molecule has 7 nitrogen and oxygen atoms in total. The molecule has 2 aromatic carbocycles. The second kappa shape index (κ2) is 9.36. The number of aromatic nitrogens is 2. The van der Waals surface area contributed by atoms with Gasteiger partial charge in [-0.3, -0.25) is 4.68 Å². The number of likely N-dealkylation sites (tertiary alicyclic amines) is 1. The highest BCUT2D eigenvalue weighted by Gasteiger charge is 2.33. The number of aliphatic hydroxyl groups is 3. The molecule has 4 rings (SSSR count). The zero-order valence-electron chi connectivity index (χ0n) is 17.9. The van der Waals surface area contributed by atoms with Gasteiger partial charge in [0.1, 0.15) is 18.5 Å². The summed E-state index contributed by atoms with van der Waals surface area (Å²) in [4.78, 5) is 2.16. The Bertz CT molecular complexity index is 1000. The molecule has 7 heteroatoms. The summed E-state index contributed by atoms with van der Waals surface area (Å²) in [5.74, 6) is 0.732. The van der Waals surface area contributed by atoms with Crippen LogP contribution in [-0.4, -0.2) is 75.6 Å². The number of hydrogen-bond acceptors (Lipinski definition) is 6. The molecule has 0 radical (unpaired) electrons. The molecule has 1 atom stereocenters. The highest BCUT2D eigenvalue weighted by molar-refractivity contribution is 5.87. The van der Waals surface area contributed by atoms with Crippen molar-refractivity contribution in [3.63, 3.8) is 0 Å². The molecule has 1 aliphatic rings. The van der Waals surface area contributed by atoms with Crippen LogP contribution in [0.4, 0.5) is 0 Å². The molecule has 0 amide bonds. The first-order valence-corrected chi connectivity index (χ1v) is 10.8. The van der Waals surface area contributed by atoms with E-state index >= 15 is 0 Å². The number of piperidine rings is 1. The van der Waals surface area contributed by atoms with Crippen molar-refractivity contribution in [2.24, 2.45) is 12.5 Å². The number of β-amino-alcohol motifs (C(OH)–C–C–N with tert-alkyl or cyclic N) is 1. The molecule has 3 N–H and O–H groups in total. The highest BCUT2D eigenvalue weighted by atomic mass is 16.5. The Morgan fingerprint density at radius 3 is 2.42 bits per heavy atom. The van der Waals surface area contributed by atoms with Crippen LogP contribution in [0.1, 0.15) is 12.8 Å². The summed E-state index contributed by atoms with van der Waals surface area (Å²) >= 11 is 0. The zero-order chi connectivity index (χ0) is 21.8. The first kappa shape index (κ1) is 21.8. The van der Waals surface area contributed by atoms with Gasteiger partial charge in [0, 0.05) is 30.8 Å². The zero-order valence-corrected chi connectivity index (χ0v) is 17.9. The van der Waals surface area contributed by atoms with Gasteiger partial charge in [-0.2, -0.15) is 5.10 Å². The van der Waals surface area contributed by atoms with Gasteiger partial charge in [-0.1, -0.05) is 18.2 Å². The lowest BCUT2D eigenvalue weighted by atomic mass is 9.80. The maximum absolute atomic E-state index is 10.4. The van der Waals surface area contributed by atoms with Gasteiger partial charge in [0.15, 0.2) is 0 Å². The Labute approximate surface area is 182 Å². The highest BCUT2D eigenvalue weighted by Crippen LogP contribution is 2.30. The summed E-state index contributed by atoms with van der Waals surface area (Å²) in [6.07, 6.45) is 2.80. The van der Waals surface area contributed by atoms with Crippen LogP contribution in [-0.2, 0) is 7.05 Å². The molecular weight excluding hydrogens is 394 g/mol. The van der Waals surface area contributed by atoms with Gasteiger partial charge in [0.25, 0.3) is 0 Å². The first-order valence-electron chi connectivity index (χ1n) is 10.8. The van der Waals surface area contributed by atoms with E-state index < -0.39 is 6.10 Å². The fourth-order valence-corrected chi connectivity index (χ4v) is 4.16. The minimum Gasteiger partial charge on any atom is -0.491 e. The third-order valence-corrected chi connectivity index (χ3v) is 6.32. The van der Waals surface area contributed by atoms with Crippen LogP contribution < -0.4 is 4.74 Å². The Balaban J connectivity index is 1.31. The van der Waals surface area contributed by atoms with Gasteiger partial charge in [-0.15, -0.1) is 0 Å². The molecule has 1 aromatic heterocycles. The molecule has 0 spiro atoms. The van der Waals surface area contributed by atoms with E-state index in [1.54, 1.807) is 4.68 Å². The predicted octanol–water partition coefficient (Wildman–Crippen LogP) is 2.05. The van der Waals surface area contributed by atoms with E-state index in [9.17, 15) is 15.3 Å². The molecule has 1 saturated heterocycles. The topological polar surface area (TPSA) is 91.0 Å². The second-order valence-corrected chi connectivity index (χ2v) is 8.68. The van der Waals surface area contributed by atoms with Crippen LogP contribution in [0.2, 0.25) is 0 Å². The SMILES string of the molecule is Cn1ccc(-c2ccc3cc(OCC(O)CN4CCC(CO)(CO)CC4)ccc3c2)n1. The average Bonchev–Trinajstić information content (AvgIpc) is 3.24. The number of fused-ring (bicyclic) bond motifs is 1. The summed E-state index contributed by atoms with van der Waals surface area (Å²) in [7, 11) is 1.91. The summed E-state index contributed by atoms with van der Waals surface area (Å²) in [6, 6.07) is 14.2. The summed E-state index contributed by atoms with van der Waals surface area (Å²) in [5, 5.41) is 36.1. The quantitative estimate of drug-likeness (QED) is 0.512. The van der Waals surface area contributed by atoms with E-state index in [2.05, 4.69) is 28.2 Å². The smallest absolute Gasteiger partial charge is 0.120 e. The minimum atomic E-state index is -0.599. The Morgan fingerprint density at radius 1 is 1.03 bits per heavy atom. The lowest BCUT2D eigenvalue weighted by Gasteiger charge is -2.40. The summed E-state index contributed by atoms with van der Waals surface area (Å²) < 4.78 is 7.64. The normalized spacial score (nSPS) is 17.7.